The second-order valence-corrected chi connectivity index (χ2v) is 9.44. The average Bonchev–Trinajstić information content (AvgIpc) is 3.33. The first-order valence-electron chi connectivity index (χ1n) is 12.4. The van der Waals surface area contributed by atoms with E-state index in [0.29, 0.717) is 0 Å². The van der Waals surface area contributed by atoms with Crippen molar-refractivity contribution in [1.82, 2.24) is 0 Å². The first-order chi connectivity index (χ1) is 17.8. The molecule has 1 aromatic heterocycles. The lowest BCUT2D eigenvalue weighted by molar-refractivity contribution is 0.671. The normalized spacial score (nSPS) is 11.5. The van der Waals surface area contributed by atoms with Crippen LogP contribution in [0, 0.1) is 6.92 Å². The fraction of sp³-hybridized carbons (Fsp3) is 0.0286. The van der Waals surface area contributed by atoms with Crippen LogP contribution in [0.2, 0.25) is 0 Å². The standard InChI is InChI=1S/C35H24O/c1-23-15-17-24(18-16-23)25-19-21-27(22-20-25)29-10-5-13-32-33-14-6-12-31(35(33)36-34(29)32)30-11-4-8-26-7-2-3-9-28(26)30/h2-22H,1H3. The summed E-state index contributed by atoms with van der Waals surface area (Å²) < 4.78 is 6.70. The monoisotopic (exact) mass is 460 g/mol. The molecule has 0 atom stereocenters. The van der Waals surface area contributed by atoms with E-state index >= 15 is 0 Å². The summed E-state index contributed by atoms with van der Waals surface area (Å²) in [5.74, 6) is 0. The maximum atomic E-state index is 6.70. The molecule has 6 aromatic carbocycles. The number of hydrogen-bond donors (Lipinski definition) is 0. The highest BCUT2D eigenvalue weighted by Crippen LogP contribution is 2.41. The second kappa shape index (κ2) is 8.25. The molecular formula is C35H24O. The molecule has 7 rings (SSSR count). The molecule has 0 aliphatic carbocycles. The summed E-state index contributed by atoms with van der Waals surface area (Å²) in [5, 5.41) is 4.76. The molecule has 0 bridgehead atoms. The molecule has 0 saturated carbocycles. The van der Waals surface area contributed by atoms with Crippen molar-refractivity contribution >= 4 is 32.7 Å². The van der Waals surface area contributed by atoms with E-state index in [9.17, 15) is 0 Å². The van der Waals surface area contributed by atoms with Crippen molar-refractivity contribution in [2.45, 2.75) is 6.92 Å². The number of fused-ring (bicyclic) bond motifs is 4. The molecule has 0 aliphatic rings. The van der Waals surface area contributed by atoms with Crippen molar-refractivity contribution in [3.8, 4) is 33.4 Å². The highest BCUT2D eigenvalue weighted by atomic mass is 16.3. The first kappa shape index (κ1) is 20.7. The third kappa shape index (κ3) is 3.32. The Labute approximate surface area is 210 Å². The summed E-state index contributed by atoms with van der Waals surface area (Å²) >= 11 is 0. The van der Waals surface area contributed by atoms with E-state index in [-0.39, 0.29) is 0 Å². The molecule has 0 unspecified atom stereocenters. The molecule has 1 heterocycles. The van der Waals surface area contributed by atoms with Crippen LogP contribution in [0.25, 0.3) is 66.1 Å². The first-order valence-corrected chi connectivity index (χ1v) is 12.4. The van der Waals surface area contributed by atoms with E-state index in [4.69, 9.17) is 4.42 Å². The van der Waals surface area contributed by atoms with Gasteiger partial charge < -0.3 is 4.42 Å². The van der Waals surface area contributed by atoms with Gasteiger partial charge >= 0.3 is 0 Å². The Bertz CT molecular complexity index is 1860. The van der Waals surface area contributed by atoms with Gasteiger partial charge in [0.05, 0.1) is 0 Å². The summed E-state index contributed by atoms with van der Waals surface area (Å²) in [4.78, 5) is 0. The van der Waals surface area contributed by atoms with Gasteiger partial charge in [-0.1, -0.05) is 133 Å². The molecule has 0 N–H and O–H groups in total. The summed E-state index contributed by atoms with van der Waals surface area (Å²) in [7, 11) is 0. The predicted octanol–water partition coefficient (Wildman–Crippen LogP) is 10.0. The fourth-order valence-electron chi connectivity index (χ4n) is 5.31. The molecule has 0 aliphatic heterocycles. The Morgan fingerprint density at radius 2 is 0.889 bits per heavy atom. The van der Waals surface area contributed by atoms with Crippen LogP contribution in [0.1, 0.15) is 5.56 Å². The molecule has 1 heteroatoms. The van der Waals surface area contributed by atoms with Crippen molar-refractivity contribution in [2.75, 3.05) is 0 Å². The van der Waals surface area contributed by atoms with E-state index in [0.717, 1.165) is 38.6 Å². The molecule has 0 radical (unpaired) electrons. The van der Waals surface area contributed by atoms with Crippen molar-refractivity contribution in [1.29, 1.82) is 0 Å². The SMILES string of the molecule is Cc1ccc(-c2ccc(-c3cccc4c3oc3c(-c5cccc6ccccc56)cccc34)cc2)cc1. The van der Waals surface area contributed by atoms with Gasteiger partial charge in [0.15, 0.2) is 0 Å². The topological polar surface area (TPSA) is 13.1 Å². The van der Waals surface area contributed by atoms with Crippen LogP contribution in [0.4, 0.5) is 0 Å². The molecule has 0 spiro atoms. The third-order valence-electron chi connectivity index (χ3n) is 7.18. The zero-order valence-electron chi connectivity index (χ0n) is 20.0. The van der Waals surface area contributed by atoms with Crippen molar-refractivity contribution in [2.24, 2.45) is 0 Å². The summed E-state index contributed by atoms with van der Waals surface area (Å²) in [6.07, 6.45) is 0. The van der Waals surface area contributed by atoms with Gasteiger partial charge in [0.25, 0.3) is 0 Å². The lowest BCUT2D eigenvalue weighted by Gasteiger charge is -2.07. The van der Waals surface area contributed by atoms with Crippen LogP contribution < -0.4 is 0 Å². The van der Waals surface area contributed by atoms with Crippen molar-refractivity contribution < 1.29 is 4.42 Å². The summed E-state index contributed by atoms with van der Waals surface area (Å²) in [6, 6.07) is 45.4. The zero-order chi connectivity index (χ0) is 24.1. The van der Waals surface area contributed by atoms with Crippen LogP contribution >= 0.6 is 0 Å². The number of rotatable bonds is 3. The largest absolute Gasteiger partial charge is 0.455 e. The number of benzene rings is 6. The fourth-order valence-corrected chi connectivity index (χ4v) is 5.31. The number of aryl methyl sites for hydroxylation is 1. The van der Waals surface area contributed by atoms with E-state index in [1.165, 1.54) is 33.0 Å². The van der Waals surface area contributed by atoms with Gasteiger partial charge in [0.2, 0.25) is 0 Å². The minimum atomic E-state index is 0.934. The van der Waals surface area contributed by atoms with Gasteiger partial charge in [0.1, 0.15) is 11.2 Å². The molecule has 170 valence electrons. The smallest absolute Gasteiger partial charge is 0.143 e. The Morgan fingerprint density at radius 1 is 0.389 bits per heavy atom. The molecule has 0 amide bonds. The van der Waals surface area contributed by atoms with Crippen LogP contribution in [-0.2, 0) is 0 Å². The Balaban J connectivity index is 1.39. The van der Waals surface area contributed by atoms with Gasteiger partial charge in [-0.05, 0) is 39.9 Å². The van der Waals surface area contributed by atoms with Gasteiger partial charge in [0, 0.05) is 21.9 Å². The van der Waals surface area contributed by atoms with Gasteiger partial charge in [-0.3, -0.25) is 0 Å². The molecule has 1 nitrogen and oxygen atoms in total. The summed E-state index contributed by atoms with van der Waals surface area (Å²) in [5.41, 5.74) is 10.2. The lowest BCUT2D eigenvalue weighted by Crippen LogP contribution is -1.82. The second-order valence-electron chi connectivity index (χ2n) is 9.44. The number of hydrogen-bond acceptors (Lipinski definition) is 1. The van der Waals surface area contributed by atoms with E-state index in [2.05, 4.69) is 134 Å². The van der Waals surface area contributed by atoms with Crippen molar-refractivity contribution in [3.63, 3.8) is 0 Å². The predicted molar refractivity (Wildman–Crippen MR) is 152 cm³/mol. The van der Waals surface area contributed by atoms with Gasteiger partial charge in [-0.15, -0.1) is 0 Å². The van der Waals surface area contributed by atoms with Crippen LogP contribution in [0.5, 0.6) is 0 Å². The minimum absolute atomic E-state index is 0.934. The molecular weight excluding hydrogens is 436 g/mol. The average molecular weight is 461 g/mol. The van der Waals surface area contributed by atoms with Crippen LogP contribution in [-0.4, -0.2) is 0 Å². The highest BCUT2D eigenvalue weighted by Gasteiger charge is 2.16. The molecule has 0 fully saturated rings. The Kier molecular flexibility index (Phi) is 4.75. The third-order valence-corrected chi connectivity index (χ3v) is 7.18. The van der Waals surface area contributed by atoms with E-state index in [1.807, 2.05) is 0 Å². The van der Waals surface area contributed by atoms with E-state index < -0.39 is 0 Å². The van der Waals surface area contributed by atoms with Crippen LogP contribution in [0.3, 0.4) is 0 Å². The Hall–Kier alpha value is -4.62. The number of para-hydroxylation sites is 2. The highest BCUT2D eigenvalue weighted by molar-refractivity contribution is 6.14. The Morgan fingerprint density at radius 3 is 1.64 bits per heavy atom. The summed E-state index contributed by atoms with van der Waals surface area (Å²) in [6.45, 7) is 2.12. The lowest BCUT2D eigenvalue weighted by atomic mass is 9.96. The number of furan rings is 1. The van der Waals surface area contributed by atoms with Gasteiger partial charge in [-0.2, -0.15) is 0 Å². The quantitative estimate of drug-likeness (QED) is 0.256. The zero-order valence-corrected chi connectivity index (χ0v) is 20.0. The molecule has 7 aromatic rings. The maximum Gasteiger partial charge on any atom is 0.143 e. The van der Waals surface area contributed by atoms with Crippen molar-refractivity contribution in [3.05, 3.63) is 133 Å². The molecule has 36 heavy (non-hydrogen) atoms. The van der Waals surface area contributed by atoms with Crippen LogP contribution in [0.15, 0.2) is 132 Å². The van der Waals surface area contributed by atoms with Gasteiger partial charge in [-0.25, -0.2) is 0 Å². The minimum Gasteiger partial charge on any atom is -0.455 e. The molecule has 0 saturated heterocycles. The van der Waals surface area contributed by atoms with E-state index in [1.54, 1.807) is 0 Å². The maximum absolute atomic E-state index is 6.70.